The van der Waals surface area contributed by atoms with Gasteiger partial charge in [-0.1, -0.05) is 6.07 Å². The second-order valence-electron chi connectivity index (χ2n) is 6.49. The topological polar surface area (TPSA) is 70.6 Å². The van der Waals surface area contributed by atoms with Gasteiger partial charge in [0.05, 0.1) is 5.75 Å². The van der Waals surface area contributed by atoms with Gasteiger partial charge in [-0.15, -0.1) is 35.7 Å². The molecule has 30 heavy (non-hydrogen) atoms. The van der Waals surface area contributed by atoms with Gasteiger partial charge in [0, 0.05) is 31.3 Å². The molecular formula is C20H26F2IN3O2S2. The summed E-state index contributed by atoms with van der Waals surface area (Å²) in [6.07, 6.45) is 2.01. The quantitative estimate of drug-likeness (QED) is 0.157. The fourth-order valence-electron chi connectivity index (χ4n) is 2.58. The van der Waals surface area contributed by atoms with Crippen LogP contribution in [0.2, 0.25) is 0 Å². The Balaban J connectivity index is 0.00000450. The number of halogens is 3. The van der Waals surface area contributed by atoms with Crippen LogP contribution in [-0.2, 0) is 22.1 Å². The first kappa shape index (κ1) is 26.6. The Hall–Kier alpha value is -1.40. The number of aliphatic imine (C=N–C) groups is 1. The van der Waals surface area contributed by atoms with Gasteiger partial charge in [-0.05, 0) is 59.7 Å². The number of rotatable bonds is 9. The smallest absolute Gasteiger partial charge is 0.191 e. The summed E-state index contributed by atoms with van der Waals surface area (Å²) in [6.45, 7) is 0.930. The maximum Gasteiger partial charge on any atom is 0.191 e. The summed E-state index contributed by atoms with van der Waals surface area (Å²) in [5.74, 6) is 0.602. The largest absolute Gasteiger partial charge is 0.356 e. The number of sulfone groups is 1. The Morgan fingerprint density at radius 2 is 1.70 bits per heavy atom. The van der Waals surface area contributed by atoms with E-state index in [9.17, 15) is 17.2 Å². The molecule has 166 valence electrons. The van der Waals surface area contributed by atoms with Crippen LogP contribution >= 0.6 is 35.7 Å². The monoisotopic (exact) mass is 569 g/mol. The molecule has 2 aromatic rings. The van der Waals surface area contributed by atoms with Gasteiger partial charge in [0.25, 0.3) is 0 Å². The predicted octanol–water partition coefficient (Wildman–Crippen LogP) is 3.97. The normalized spacial score (nSPS) is 11.7. The van der Waals surface area contributed by atoms with Crippen molar-refractivity contribution in [3.05, 3.63) is 65.2 Å². The fraction of sp³-hybridized carbons (Fsp3) is 0.350. The molecule has 2 rings (SSSR count). The molecule has 0 aliphatic heterocycles. The minimum absolute atomic E-state index is 0. The lowest BCUT2D eigenvalue weighted by molar-refractivity contribution is 0.599. The summed E-state index contributed by atoms with van der Waals surface area (Å²) in [5.41, 5.74) is 1.14. The number of nitrogens with one attached hydrogen (secondary N) is 2. The first-order valence-electron chi connectivity index (χ1n) is 9.05. The molecule has 0 spiro atoms. The van der Waals surface area contributed by atoms with Crippen LogP contribution < -0.4 is 10.6 Å². The zero-order valence-corrected chi connectivity index (χ0v) is 20.8. The highest BCUT2D eigenvalue weighted by atomic mass is 127. The van der Waals surface area contributed by atoms with Crippen molar-refractivity contribution in [3.8, 4) is 0 Å². The molecule has 2 N–H and O–H groups in total. The Morgan fingerprint density at radius 1 is 1.03 bits per heavy atom. The van der Waals surface area contributed by atoms with Crippen molar-refractivity contribution in [1.82, 2.24) is 10.6 Å². The van der Waals surface area contributed by atoms with E-state index in [4.69, 9.17) is 0 Å². The van der Waals surface area contributed by atoms with Gasteiger partial charge in [-0.2, -0.15) is 0 Å². The molecule has 0 bridgehead atoms. The van der Waals surface area contributed by atoms with E-state index in [-0.39, 0.29) is 42.1 Å². The average Bonchev–Trinajstić information content (AvgIpc) is 2.66. The standard InChI is InChI=1S/C20H25F2N3O2S2.HI/c1-23-20(24-10-3-11-28-19-8-6-17(21)7-9-19)25-13-16-12-18(22)5-4-15(16)14-29(2,26)27;/h4-9,12H,3,10-11,13-14H2,1-2H3,(H2,23,24,25);1H. The highest BCUT2D eigenvalue weighted by Crippen LogP contribution is 2.18. The van der Waals surface area contributed by atoms with Crippen LogP contribution in [0.3, 0.4) is 0 Å². The molecule has 0 fully saturated rings. The van der Waals surface area contributed by atoms with Crippen molar-refractivity contribution < 1.29 is 17.2 Å². The third kappa shape index (κ3) is 10.1. The van der Waals surface area contributed by atoms with E-state index in [1.165, 1.54) is 30.3 Å². The number of thioether (sulfide) groups is 1. The van der Waals surface area contributed by atoms with Crippen LogP contribution in [0.1, 0.15) is 17.5 Å². The van der Waals surface area contributed by atoms with Gasteiger partial charge in [0.2, 0.25) is 0 Å². The zero-order chi connectivity index (χ0) is 21.3. The van der Waals surface area contributed by atoms with E-state index in [1.54, 1.807) is 30.9 Å². The Kier molecular flexibility index (Phi) is 11.6. The summed E-state index contributed by atoms with van der Waals surface area (Å²) < 4.78 is 49.6. The van der Waals surface area contributed by atoms with Crippen molar-refractivity contribution in [2.45, 2.75) is 23.6 Å². The number of guanidine groups is 1. The summed E-state index contributed by atoms with van der Waals surface area (Å²) in [5, 5.41) is 6.25. The lowest BCUT2D eigenvalue weighted by atomic mass is 10.1. The van der Waals surface area contributed by atoms with E-state index in [0.717, 1.165) is 23.3 Å². The molecule has 0 atom stereocenters. The van der Waals surface area contributed by atoms with Crippen LogP contribution in [-0.4, -0.2) is 40.0 Å². The highest BCUT2D eigenvalue weighted by Gasteiger charge is 2.11. The van der Waals surface area contributed by atoms with E-state index in [0.29, 0.717) is 23.6 Å². The molecule has 0 aromatic heterocycles. The summed E-state index contributed by atoms with van der Waals surface area (Å²) >= 11 is 1.64. The van der Waals surface area contributed by atoms with Crippen LogP contribution in [0.4, 0.5) is 8.78 Å². The molecule has 0 aliphatic carbocycles. The van der Waals surface area contributed by atoms with E-state index in [2.05, 4.69) is 15.6 Å². The van der Waals surface area contributed by atoms with Gasteiger partial charge < -0.3 is 10.6 Å². The maximum atomic E-state index is 13.6. The number of benzene rings is 2. The third-order valence-electron chi connectivity index (χ3n) is 3.95. The van der Waals surface area contributed by atoms with Gasteiger partial charge in [-0.25, -0.2) is 17.2 Å². The second kappa shape index (κ2) is 13.1. The lowest BCUT2D eigenvalue weighted by Gasteiger charge is -2.14. The summed E-state index contributed by atoms with van der Waals surface area (Å²) in [4.78, 5) is 5.14. The maximum absolute atomic E-state index is 13.6. The molecule has 0 aliphatic rings. The van der Waals surface area contributed by atoms with Crippen molar-refractivity contribution in [2.24, 2.45) is 4.99 Å². The first-order valence-corrected chi connectivity index (χ1v) is 12.1. The lowest BCUT2D eigenvalue weighted by Crippen LogP contribution is -2.37. The third-order valence-corrected chi connectivity index (χ3v) is 5.89. The minimum atomic E-state index is -3.22. The Labute approximate surface area is 198 Å². The second-order valence-corrected chi connectivity index (χ2v) is 9.80. The highest BCUT2D eigenvalue weighted by molar-refractivity contribution is 14.0. The number of nitrogens with zero attached hydrogens (tertiary/aromatic N) is 1. The molecular weight excluding hydrogens is 543 g/mol. The van der Waals surface area contributed by atoms with Crippen molar-refractivity contribution in [2.75, 3.05) is 25.6 Å². The molecule has 0 radical (unpaired) electrons. The van der Waals surface area contributed by atoms with Crippen LogP contribution in [0.15, 0.2) is 52.4 Å². The van der Waals surface area contributed by atoms with Crippen molar-refractivity contribution in [3.63, 3.8) is 0 Å². The molecule has 0 amide bonds. The Morgan fingerprint density at radius 3 is 2.33 bits per heavy atom. The van der Waals surface area contributed by atoms with Gasteiger partial charge in [-0.3, -0.25) is 4.99 Å². The summed E-state index contributed by atoms with van der Waals surface area (Å²) in [6, 6.07) is 10.5. The van der Waals surface area contributed by atoms with Crippen molar-refractivity contribution in [1.29, 1.82) is 0 Å². The molecule has 2 aromatic carbocycles. The fourth-order valence-corrected chi connectivity index (χ4v) is 4.28. The minimum Gasteiger partial charge on any atom is -0.356 e. The first-order chi connectivity index (χ1) is 13.8. The van der Waals surface area contributed by atoms with E-state index >= 15 is 0 Å². The molecule has 10 heteroatoms. The molecule has 0 saturated carbocycles. The molecule has 5 nitrogen and oxygen atoms in total. The predicted molar refractivity (Wildman–Crippen MR) is 130 cm³/mol. The zero-order valence-electron chi connectivity index (χ0n) is 16.8. The molecule has 0 unspecified atom stereocenters. The van der Waals surface area contributed by atoms with Gasteiger partial charge >= 0.3 is 0 Å². The number of hydrogen-bond acceptors (Lipinski definition) is 4. The Bertz CT molecular complexity index is 940. The number of hydrogen-bond donors (Lipinski definition) is 2. The average molecular weight is 569 g/mol. The molecule has 0 saturated heterocycles. The van der Waals surface area contributed by atoms with Gasteiger partial charge in [0.15, 0.2) is 15.8 Å². The van der Waals surface area contributed by atoms with Crippen LogP contribution in [0.5, 0.6) is 0 Å². The molecule has 0 heterocycles. The van der Waals surface area contributed by atoms with E-state index < -0.39 is 15.7 Å². The van der Waals surface area contributed by atoms with E-state index in [1.807, 2.05) is 0 Å². The SMILES string of the molecule is CN=C(NCCCSc1ccc(F)cc1)NCc1cc(F)ccc1CS(C)(=O)=O.I. The van der Waals surface area contributed by atoms with Crippen LogP contribution in [0, 0.1) is 11.6 Å². The summed E-state index contributed by atoms with van der Waals surface area (Å²) in [7, 11) is -1.59. The van der Waals surface area contributed by atoms with Crippen LogP contribution in [0.25, 0.3) is 0 Å². The van der Waals surface area contributed by atoms with Gasteiger partial charge in [0.1, 0.15) is 11.6 Å². The van der Waals surface area contributed by atoms with Crippen molar-refractivity contribution >= 4 is 51.5 Å².